The van der Waals surface area contributed by atoms with Crippen LogP contribution in [0.1, 0.15) is 20.8 Å². The van der Waals surface area contributed by atoms with Crippen LogP contribution in [0.25, 0.3) is 11.4 Å². The number of aromatic amines is 1. The third-order valence-electron chi connectivity index (χ3n) is 4.36. The van der Waals surface area contributed by atoms with E-state index in [1.54, 1.807) is 12.1 Å². The van der Waals surface area contributed by atoms with Crippen molar-refractivity contribution in [3.63, 3.8) is 0 Å². The summed E-state index contributed by atoms with van der Waals surface area (Å²) >= 11 is 7.19. The summed E-state index contributed by atoms with van der Waals surface area (Å²) in [6.07, 6.45) is 0. The van der Waals surface area contributed by atoms with Crippen LogP contribution in [0.15, 0.2) is 53.7 Å². The zero-order valence-electron chi connectivity index (χ0n) is 16.6. The number of aromatic nitrogens is 3. The first kappa shape index (κ1) is 21.2. The minimum absolute atomic E-state index is 0.100. The van der Waals surface area contributed by atoms with Gasteiger partial charge in [0.05, 0.1) is 5.75 Å². The molecule has 2 N–H and O–H groups in total. The van der Waals surface area contributed by atoms with Gasteiger partial charge in [0.15, 0.2) is 5.82 Å². The molecule has 0 radical (unpaired) electrons. The first-order chi connectivity index (χ1) is 14.0. The van der Waals surface area contributed by atoms with E-state index in [1.807, 2.05) is 36.4 Å². The monoisotopic (exact) mass is 429 g/mol. The van der Waals surface area contributed by atoms with E-state index in [9.17, 15) is 4.79 Å². The van der Waals surface area contributed by atoms with Crippen LogP contribution in [0, 0.1) is 0 Å². The van der Waals surface area contributed by atoms with E-state index in [1.165, 1.54) is 11.8 Å². The molecule has 0 atom stereocenters. The lowest BCUT2D eigenvalue weighted by atomic mass is 10.2. The van der Waals surface area contributed by atoms with Crippen LogP contribution in [-0.4, -0.2) is 39.4 Å². The number of carbonyl (C=O) groups is 1. The van der Waals surface area contributed by atoms with Crippen molar-refractivity contribution in [1.82, 2.24) is 15.2 Å². The lowest BCUT2D eigenvalue weighted by Crippen LogP contribution is -2.30. The zero-order chi connectivity index (χ0) is 20.8. The summed E-state index contributed by atoms with van der Waals surface area (Å²) in [6, 6.07) is 15.7. The van der Waals surface area contributed by atoms with Gasteiger partial charge in [0.1, 0.15) is 0 Å². The van der Waals surface area contributed by atoms with E-state index in [4.69, 9.17) is 11.6 Å². The number of rotatable bonds is 8. The average Bonchev–Trinajstić information content (AvgIpc) is 3.18. The van der Waals surface area contributed by atoms with Gasteiger partial charge in [0.25, 0.3) is 0 Å². The van der Waals surface area contributed by atoms with Crippen LogP contribution in [0.5, 0.6) is 0 Å². The molecule has 0 fully saturated rings. The molecule has 29 heavy (non-hydrogen) atoms. The highest BCUT2D eigenvalue weighted by molar-refractivity contribution is 7.99. The van der Waals surface area contributed by atoms with Gasteiger partial charge in [0.2, 0.25) is 11.1 Å². The van der Waals surface area contributed by atoms with Crippen LogP contribution in [0.3, 0.4) is 0 Å². The van der Waals surface area contributed by atoms with E-state index in [-0.39, 0.29) is 11.7 Å². The van der Waals surface area contributed by atoms with Crippen molar-refractivity contribution < 1.29 is 4.79 Å². The SMILES string of the molecule is CCN(c1ccc(NC(=O)CSc2n[nH]c(-c3ccc(Cl)cc3)n2)cc1)C(C)C. The van der Waals surface area contributed by atoms with Crippen molar-refractivity contribution in [3.8, 4) is 11.4 Å². The highest BCUT2D eigenvalue weighted by Crippen LogP contribution is 2.22. The zero-order valence-corrected chi connectivity index (χ0v) is 18.2. The molecule has 0 aliphatic rings. The van der Waals surface area contributed by atoms with Crippen molar-refractivity contribution in [1.29, 1.82) is 0 Å². The van der Waals surface area contributed by atoms with Crippen LogP contribution >= 0.6 is 23.4 Å². The number of nitrogens with zero attached hydrogens (tertiary/aromatic N) is 3. The Morgan fingerprint density at radius 3 is 2.48 bits per heavy atom. The molecule has 0 unspecified atom stereocenters. The molecule has 0 aliphatic carbocycles. The largest absolute Gasteiger partial charge is 0.369 e. The summed E-state index contributed by atoms with van der Waals surface area (Å²) in [5, 5.41) is 11.1. The normalized spacial score (nSPS) is 10.9. The van der Waals surface area contributed by atoms with Crippen molar-refractivity contribution in [3.05, 3.63) is 53.6 Å². The first-order valence-electron chi connectivity index (χ1n) is 9.44. The molecular weight excluding hydrogens is 406 g/mol. The number of benzene rings is 2. The molecule has 0 spiro atoms. The Morgan fingerprint density at radius 2 is 1.86 bits per heavy atom. The third kappa shape index (κ3) is 5.74. The average molecular weight is 430 g/mol. The summed E-state index contributed by atoms with van der Waals surface area (Å²) in [5.41, 5.74) is 2.81. The summed E-state index contributed by atoms with van der Waals surface area (Å²) < 4.78 is 0. The number of nitrogens with one attached hydrogen (secondary N) is 2. The minimum atomic E-state index is -0.100. The second-order valence-corrected chi connectivity index (χ2v) is 8.12. The highest BCUT2D eigenvalue weighted by atomic mass is 35.5. The fraction of sp³-hybridized carbons (Fsp3) is 0.286. The van der Waals surface area contributed by atoms with Crippen LogP contribution < -0.4 is 10.2 Å². The van der Waals surface area contributed by atoms with Gasteiger partial charge in [0, 0.05) is 34.5 Å². The van der Waals surface area contributed by atoms with Gasteiger partial charge >= 0.3 is 0 Å². The summed E-state index contributed by atoms with van der Waals surface area (Å²) in [6.45, 7) is 7.40. The maximum atomic E-state index is 12.3. The van der Waals surface area contributed by atoms with Gasteiger partial charge in [-0.15, -0.1) is 5.10 Å². The molecule has 1 heterocycles. The number of thioether (sulfide) groups is 1. The summed E-state index contributed by atoms with van der Waals surface area (Å²) in [5.74, 6) is 0.773. The maximum Gasteiger partial charge on any atom is 0.234 e. The quantitative estimate of drug-likeness (QED) is 0.488. The Balaban J connectivity index is 1.53. The number of hydrogen-bond acceptors (Lipinski definition) is 5. The Hall–Kier alpha value is -2.51. The molecule has 3 rings (SSSR count). The Morgan fingerprint density at radius 1 is 1.17 bits per heavy atom. The molecule has 8 heteroatoms. The van der Waals surface area contributed by atoms with Gasteiger partial charge < -0.3 is 10.2 Å². The number of anilines is 2. The predicted molar refractivity (Wildman–Crippen MR) is 121 cm³/mol. The summed E-state index contributed by atoms with van der Waals surface area (Å²) in [4.78, 5) is 19.0. The second-order valence-electron chi connectivity index (χ2n) is 6.74. The Labute approximate surface area is 180 Å². The Bertz CT molecular complexity index is 940. The first-order valence-corrected chi connectivity index (χ1v) is 10.8. The summed E-state index contributed by atoms with van der Waals surface area (Å²) in [7, 11) is 0. The number of hydrogen-bond donors (Lipinski definition) is 2. The molecule has 0 aliphatic heterocycles. The molecule has 6 nitrogen and oxygen atoms in total. The number of H-pyrrole nitrogens is 1. The van der Waals surface area contributed by atoms with Gasteiger partial charge in [-0.05, 0) is 69.3 Å². The van der Waals surface area contributed by atoms with Crippen LogP contribution in [0.4, 0.5) is 11.4 Å². The molecule has 2 aromatic carbocycles. The topological polar surface area (TPSA) is 73.9 Å². The molecule has 0 saturated heterocycles. The molecule has 1 aromatic heterocycles. The number of carbonyl (C=O) groups excluding carboxylic acids is 1. The lowest BCUT2D eigenvalue weighted by Gasteiger charge is -2.27. The Kier molecular flexibility index (Phi) is 7.17. The van der Waals surface area contributed by atoms with Gasteiger partial charge in [-0.3, -0.25) is 9.89 Å². The van der Waals surface area contributed by atoms with E-state index >= 15 is 0 Å². The van der Waals surface area contributed by atoms with Gasteiger partial charge in [-0.25, -0.2) is 4.98 Å². The fourth-order valence-electron chi connectivity index (χ4n) is 2.96. The fourth-order valence-corrected chi connectivity index (χ4v) is 3.68. The van der Waals surface area contributed by atoms with Crippen molar-refractivity contribution in [2.24, 2.45) is 0 Å². The van der Waals surface area contributed by atoms with Crippen molar-refractivity contribution >= 4 is 40.6 Å². The third-order valence-corrected chi connectivity index (χ3v) is 5.46. The number of halogens is 1. The van der Waals surface area contributed by atoms with Gasteiger partial charge in [-0.2, -0.15) is 0 Å². The van der Waals surface area contributed by atoms with Crippen molar-refractivity contribution in [2.75, 3.05) is 22.5 Å². The van der Waals surface area contributed by atoms with E-state index in [0.717, 1.165) is 23.5 Å². The van der Waals surface area contributed by atoms with Crippen LogP contribution in [-0.2, 0) is 4.79 Å². The maximum absolute atomic E-state index is 12.3. The molecule has 3 aromatic rings. The molecule has 1 amide bonds. The predicted octanol–water partition coefficient (Wildman–Crippen LogP) is 5.09. The smallest absolute Gasteiger partial charge is 0.234 e. The molecular formula is C21H24ClN5OS. The van der Waals surface area contributed by atoms with E-state index in [0.29, 0.717) is 22.0 Å². The van der Waals surface area contributed by atoms with Crippen LogP contribution in [0.2, 0.25) is 5.02 Å². The second kappa shape index (κ2) is 9.80. The standard InChI is InChI=1S/C21H24ClN5OS/c1-4-27(14(2)3)18-11-9-17(10-12-18)23-19(28)13-29-21-24-20(25-26-21)15-5-7-16(22)8-6-15/h5-12,14H,4,13H2,1-3H3,(H,23,28)(H,24,25,26). The highest BCUT2D eigenvalue weighted by Gasteiger charge is 2.11. The van der Waals surface area contributed by atoms with Crippen molar-refractivity contribution in [2.45, 2.75) is 32.0 Å². The van der Waals surface area contributed by atoms with E-state index in [2.05, 4.69) is 46.2 Å². The lowest BCUT2D eigenvalue weighted by molar-refractivity contribution is -0.113. The minimum Gasteiger partial charge on any atom is -0.369 e. The molecule has 152 valence electrons. The number of amides is 1. The van der Waals surface area contributed by atoms with Gasteiger partial charge in [-0.1, -0.05) is 23.4 Å². The van der Waals surface area contributed by atoms with E-state index < -0.39 is 0 Å². The molecule has 0 bridgehead atoms. The molecule has 0 saturated carbocycles.